The van der Waals surface area contributed by atoms with Gasteiger partial charge >= 0.3 is 5.97 Å². The van der Waals surface area contributed by atoms with Crippen LogP contribution in [0.3, 0.4) is 0 Å². The number of ether oxygens (including phenoxy) is 1. The zero-order valence-electron chi connectivity index (χ0n) is 13.6. The summed E-state index contributed by atoms with van der Waals surface area (Å²) in [5, 5.41) is 10.4. The lowest BCUT2D eigenvalue weighted by atomic mass is 9.99. The maximum atomic E-state index is 11.4. The number of rotatable bonds is 8. The Balaban J connectivity index is 2.59. The van der Waals surface area contributed by atoms with E-state index in [-0.39, 0.29) is 19.1 Å². The average molecular weight is 338 g/mol. The highest BCUT2D eigenvalue weighted by Gasteiger charge is 2.19. The van der Waals surface area contributed by atoms with Crippen molar-refractivity contribution in [3.8, 4) is 0 Å². The van der Waals surface area contributed by atoms with Gasteiger partial charge in [-0.2, -0.15) is 0 Å². The highest BCUT2D eigenvalue weighted by atomic mass is 35.5. The zero-order valence-corrected chi connectivity index (χ0v) is 14.3. The van der Waals surface area contributed by atoms with Crippen molar-refractivity contribution in [1.82, 2.24) is 0 Å². The molecule has 2 atom stereocenters. The molecule has 1 aromatic rings. The Hall–Kier alpha value is -1.62. The molecule has 0 aliphatic rings. The van der Waals surface area contributed by atoms with Crippen LogP contribution in [0.2, 0.25) is 0 Å². The van der Waals surface area contributed by atoms with Crippen molar-refractivity contribution in [3.05, 3.63) is 53.1 Å². The average Bonchev–Trinajstić information content (AvgIpc) is 2.47. The van der Waals surface area contributed by atoms with Crippen LogP contribution in [0.4, 0.5) is 0 Å². The number of aliphatic hydroxyl groups excluding tert-OH is 1. The second kappa shape index (κ2) is 9.50. The van der Waals surface area contributed by atoms with E-state index in [1.807, 2.05) is 24.3 Å². The van der Waals surface area contributed by atoms with E-state index in [4.69, 9.17) is 22.1 Å². The maximum absolute atomic E-state index is 11.4. The second-order valence-electron chi connectivity index (χ2n) is 5.42. The first-order valence-corrected chi connectivity index (χ1v) is 7.93. The van der Waals surface area contributed by atoms with Crippen LogP contribution in [0, 0.1) is 0 Å². The number of carbonyl (C=O) groups excluding carboxylic acids is 1. The summed E-state index contributed by atoms with van der Waals surface area (Å²) in [6.07, 6.45) is 1.36. The summed E-state index contributed by atoms with van der Waals surface area (Å²) in [5.74, 6) is -0.627. The molecule has 0 amide bonds. The molecule has 0 aliphatic carbocycles. The summed E-state index contributed by atoms with van der Waals surface area (Å²) in [4.78, 5) is 11.4. The lowest BCUT2D eigenvalue weighted by Gasteiger charge is -2.15. The monoisotopic (exact) mass is 337 g/mol. The summed E-state index contributed by atoms with van der Waals surface area (Å²) >= 11 is 5.84. The molecule has 23 heavy (non-hydrogen) atoms. The molecule has 0 bridgehead atoms. The lowest BCUT2D eigenvalue weighted by molar-refractivity contribution is -0.153. The lowest BCUT2D eigenvalue weighted by Crippen LogP contribution is -2.33. The first-order valence-electron chi connectivity index (χ1n) is 7.55. The summed E-state index contributed by atoms with van der Waals surface area (Å²) < 4.78 is 4.76. The number of aliphatic hydroxyl groups is 1. The van der Waals surface area contributed by atoms with Gasteiger partial charge in [0.2, 0.25) is 0 Å². The number of esters is 1. The molecule has 0 aliphatic heterocycles. The first kappa shape index (κ1) is 19.4. The number of allylic oxidation sites excluding steroid dienone is 3. The Bertz CT molecular complexity index is 562. The molecule has 0 saturated carbocycles. The van der Waals surface area contributed by atoms with Gasteiger partial charge in [-0.15, -0.1) is 0 Å². The highest BCUT2D eigenvalue weighted by molar-refractivity contribution is 6.29. The van der Waals surface area contributed by atoms with Crippen molar-refractivity contribution >= 4 is 23.1 Å². The number of hydrogen-bond acceptors (Lipinski definition) is 4. The Morgan fingerprint density at radius 1 is 1.43 bits per heavy atom. The molecule has 0 unspecified atom stereocenters. The van der Waals surface area contributed by atoms with Gasteiger partial charge in [-0.05, 0) is 49.5 Å². The van der Waals surface area contributed by atoms with Gasteiger partial charge < -0.3 is 15.6 Å². The van der Waals surface area contributed by atoms with Crippen molar-refractivity contribution < 1.29 is 14.6 Å². The van der Waals surface area contributed by atoms with Crippen molar-refractivity contribution in [2.75, 3.05) is 6.61 Å². The smallest absolute Gasteiger partial charge is 0.335 e. The van der Waals surface area contributed by atoms with Gasteiger partial charge in [0.15, 0.2) is 6.10 Å². The SMILES string of the molecule is C=C(/C=C(\C)Cl)c1ccc(C[C@@H](N)C[C@@H](O)C(=O)OCC)cc1. The van der Waals surface area contributed by atoms with Crippen molar-refractivity contribution in [2.45, 2.75) is 38.8 Å². The van der Waals surface area contributed by atoms with Gasteiger partial charge in [0.25, 0.3) is 0 Å². The summed E-state index contributed by atoms with van der Waals surface area (Å²) in [6.45, 7) is 7.70. The molecule has 0 fully saturated rings. The molecular weight excluding hydrogens is 314 g/mol. The molecule has 0 radical (unpaired) electrons. The zero-order chi connectivity index (χ0) is 17.4. The van der Waals surface area contributed by atoms with Crippen LogP contribution >= 0.6 is 11.6 Å². The van der Waals surface area contributed by atoms with Crippen LogP contribution in [0.5, 0.6) is 0 Å². The molecule has 1 aromatic carbocycles. The van der Waals surface area contributed by atoms with Gasteiger partial charge in [0.05, 0.1) is 6.61 Å². The molecule has 5 heteroatoms. The van der Waals surface area contributed by atoms with Crippen LogP contribution < -0.4 is 5.73 Å². The number of nitrogens with two attached hydrogens (primary N) is 1. The molecule has 1 rings (SSSR count). The number of hydrogen-bond donors (Lipinski definition) is 2. The van der Waals surface area contributed by atoms with Gasteiger partial charge in [0.1, 0.15) is 0 Å². The summed E-state index contributed by atoms with van der Waals surface area (Å²) in [7, 11) is 0. The fourth-order valence-electron chi connectivity index (χ4n) is 2.19. The van der Waals surface area contributed by atoms with Crippen LogP contribution in [0.15, 0.2) is 42.0 Å². The topological polar surface area (TPSA) is 72.5 Å². The first-order chi connectivity index (χ1) is 10.8. The van der Waals surface area contributed by atoms with E-state index in [1.54, 1.807) is 19.9 Å². The van der Waals surface area contributed by atoms with Crippen LogP contribution in [-0.4, -0.2) is 29.8 Å². The maximum Gasteiger partial charge on any atom is 0.335 e. The van der Waals surface area contributed by atoms with E-state index in [0.29, 0.717) is 11.5 Å². The second-order valence-corrected chi connectivity index (χ2v) is 6.02. The third-order valence-electron chi connectivity index (χ3n) is 3.28. The van der Waals surface area contributed by atoms with Crippen LogP contribution in [-0.2, 0) is 16.0 Å². The summed E-state index contributed by atoms with van der Waals surface area (Å²) in [5.41, 5.74) is 8.84. The van der Waals surface area contributed by atoms with Crippen LogP contribution in [0.25, 0.3) is 5.57 Å². The fraction of sp³-hybridized carbons (Fsp3) is 0.389. The Kier molecular flexibility index (Phi) is 8.03. The normalized spacial score (nSPS) is 14.2. The minimum Gasteiger partial charge on any atom is -0.464 e. The molecule has 0 spiro atoms. The quantitative estimate of drug-likeness (QED) is 0.565. The number of benzene rings is 1. The third-order valence-corrected chi connectivity index (χ3v) is 3.39. The Labute approximate surface area is 142 Å². The molecule has 0 heterocycles. The number of halogens is 1. The van der Waals surface area contributed by atoms with Gasteiger partial charge in [-0.1, -0.05) is 42.4 Å². The van der Waals surface area contributed by atoms with Gasteiger partial charge in [-0.25, -0.2) is 4.79 Å². The van der Waals surface area contributed by atoms with Crippen molar-refractivity contribution in [3.63, 3.8) is 0 Å². The third kappa shape index (κ3) is 6.99. The predicted molar refractivity (Wildman–Crippen MR) is 94.0 cm³/mol. The van der Waals surface area contributed by atoms with E-state index >= 15 is 0 Å². The number of carbonyl (C=O) groups is 1. The molecular formula is C18H24ClNO3. The van der Waals surface area contributed by atoms with E-state index in [0.717, 1.165) is 16.7 Å². The van der Waals surface area contributed by atoms with E-state index in [2.05, 4.69) is 6.58 Å². The molecule has 0 aromatic heterocycles. The van der Waals surface area contributed by atoms with E-state index < -0.39 is 12.1 Å². The molecule has 0 saturated heterocycles. The Morgan fingerprint density at radius 2 is 2.04 bits per heavy atom. The molecule has 126 valence electrons. The van der Waals surface area contributed by atoms with Gasteiger partial charge in [0, 0.05) is 11.1 Å². The fourth-order valence-corrected chi connectivity index (χ4v) is 2.32. The molecule has 4 nitrogen and oxygen atoms in total. The Morgan fingerprint density at radius 3 is 2.57 bits per heavy atom. The molecule has 3 N–H and O–H groups in total. The minimum absolute atomic E-state index is 0.168. The van der Waals surface area contributed by atoms with Crippen molar-refractivity contribution in [1.29, 1.82) is 0 Å². The van der Waals surface area contributed by atoms with Crippen molar-refractivity contribution in [2.24, 2.45) is 5.73 Å². The standard InChI is InChI=1S/C18H24ClNO3/c1-4-23-18(22)17(21)11-16(20)10-14-5-7-15(8-6-14)12(2)9-13(3)19/h5-9,16-17,21H,2,4,10-11,20H2,1,3H3/b13-9+/t16-,17-/m1/s1. The minimum atomic E-state index is -1.18. The van der Waals surface area contributed by atoms with E-state index in [9.17, 15) is 9.90 Å². The van der Waals surface area contributed by atoms with E-state index in [1.165, 1.54) is 0 Å². The summed E-state index contributed by atoms with van der Waals surface area (Å²) in [6, 6.07) is 7.47. The van der Waals surface area contributed by atoms with Crippen LogP contribution in [0.1, 0.15) is 31.4 Å². The predicted octanol–water partition coefficient (Wildman–Crippen LogP) is 3.03. The van der Waals surface area contributed by atoms with Gasteiger partial charge in [-0.3, -0.25) is 0 Å². The highest BCUT2D eigenvalue weighted by Crippen LogP contribution is 2.18. The largest absolute Gasteiger partial charge is 0.464 e.